The molecule has 5 heteroatoms. The number of Topliss-reactive ketones (excluding diaryl/α,β-unsaturated/α-hetero) is 1. The normalized spacial score (nSPS) is 12.5. The van der Waals surface area contributed by atoms with E-state index in [2.05, 4.69) is 6.92 Å². The van der Waals surface area contributed by atoms with Crippen LogP contribution in [0.3, 0.4) is 0 Å². The smallest absolute Gasteiger partial charge is 0.174 e. The highest BCUT2D eigenvalue weighted by atomic mass is 16.6. The topological polar surface area (TPSA) is 92.8 Å². The first-order valence-electron chi connectivity index (χ1n) is 9.62. The number of anilines is 1. The number of unbranched alkanes of at least 4 members (excludes halogenated alkanes) is 7. The highest BCUT2D eigenvalue weighted by Crippen LogP contribution is 2.21. The quantitative estimate of drug-likeness (QED) is 0.112. The van der Waals surface area contributed by atoms with E-state index >= 15 is 0 Å². The molecule has 0 aromatic heterocycles. The number of aliphatic hydroxyl groups excluding tert-OH is 1. The minimum absolute atomic E-state index is 0.103. The number of phenolic OH excluding ortho intramolecular Hbond substituents is 1. The molecule has 0 bridgehead atoms. The van der Waals surface area contributed by atoms with Crippen LogP contribution in [0.2, 0.25) is 0 Å². The van der Waals surface area contributed by atoms with Crippen LogP contribution in [0.4, 0.5) is 5.69 Å². The Hall–Kier alpha value is -1.85. The van der Waals surface area contributed by atoms with Crippen LogP contribution in [0.1, 0.15) is 75.1 Å². The van der Waals surface area contributed by atoms with E-state index in [9.17, 15) is 15.0 Å². The van der Waals surface area contributed by atoms with Gasteiger partial charge in [-0.15, -0.1) is 0 Å². The second-order valence-electron chi connectivity index (χ2n) is 6.57. The van der Waals surface area contributed by atoms with Crippen LogP contribution in [-0.2, 0) is 4.74 Å². The maximum absolute atomic E-state index is 12.0. The number of phenols is 1. The van der Waals surface area contributed by atoms with Gasteiger partial charge in [0.2, 0.25) is 0 Å². The lowest BCUT2D eigenvalue weighted by atomic mass is 10.1. The van der Waals surface area contributed by atoms with Crippen molar-refractivity contribution >= 4 is 11.5 Å². The number of ether oxygens (including phenoxy) is 1. The Morgan fingerprint density at radius 1 is 1.15 bits per heavy atom. The highest BCUT2D eigenvalue weighted by Gasteiger charge is 2.07. The molecule has 1 unspecified atom stereocenters. The summed E-state index contributed by atoms with van der Waals surface area (Å²) in [5, 5.41) is 19.3. The van der Waals surface area contributed by atoms with Gasteiger partial charge in [0.15, 0.2) is 12.1 Å². The molecule has 1 atom stereocenters. The highest BCUT2D eigenvalue weighted by molar-refractivity contribution is 5.97. The van der Waals surface area contributed by atoms with Crippen molar-refractivity contribution in [2.45, 2.75) is 71.0 Å². The number of aliphatic hydroxyl groups is 1. The summed E-state index contributed by atoms with van der Waals surface area (Å²) in [6.45, 7) is 2.73. The molecule has 0 radical (unpaired) electrons. The number of nitrogens with two attached hydrogens (primary N) is 1. The molecule has 26 heavy (non-hydrogen) atoms. The van der Waals surface area contributed by atoms with Crippen molar-refractivity contribution in [3.05, 3.63) is 35.9 Å². The zero-order chi connectivity index (χ0) is 19.2. The van der Waals surface area contributed by atoms with Crippen LogP contribution < -0.4 is 5.73 Å². The van der Waals surface area contributed by atoms with Crippen molar-refractivity contribution in [1.82, 2.24) is 0 Å². The molecule has 0 amide bonds. The van der Waals surface area contributed by atoms with Crippen molar-refractivity contribution in [2.75, 3.05) is 12.3 Å². The molecule has 1 aromatic rings. The summed E-state index contributed by atoms with van der Waals surface area (Å²) >= 11 is 0. The average Bonchev–Trinajstić information content (AvgIpc) is 2.62. The Bertz CT molecular complexity index is 557. The van der Waals surface area contributed by atoms with E-state index in [0.29, 0.717) is 12.2 Å². The molecule has 0 saturated carbocycles. The van der Waals surface area contributed by atoms with E-state index in [1.165, 1.54) is 56.7 Å². The molecule has 0 aliphatic rings. The zero-order valence-corrected chi connectivity index (χ0v) is 15.8. The molecule has 4 N–H and O–H groups in total. The summed E-state index contributed by atoms with van der Waals surface area (Å²) in [6.07, 6.45) is 11.9. The van der Waals surface area contributed by atoms with E-state index in [1.54, 1.807) is 12.1 Å². The van der Waals surface area contributed by atoms with E-state index in [0.717, 1.165) is 12.8 Å². The first-order valence-corrected chi connectivity index (χ1v) is 9.62. The summed E-state index contributed by atoms with van der Waals surface area (Å²) in [7, 11) is 0. The van der Waals surface area contributed by atoms with Gasteiger partial charge in [0.05, 0.1) is 12.3 Å². The average molecular weight is 363 g/mol. The van der Waals surface area contributed by atoms with Crippen molar-refractivity contribution in [3.8, 4) is 5.75 Å². The monoisotopic (exact) mass is 363 g/mol. The minimum Gasteiger partial charge on any atom is -0.506 e. The van der Waals surface area contributed by atoms with Crippen LogP contribution in [0.25, 0.3) is 0 Å². The van der Waals surface area contributed by atoms with Gasteiger partial charge < -0.3 is 20.7 Å². The molecule has 1 rings (SSSR count). The molecule has 5 nitrogen and oxygen atoms in total. The minimum atomic E-state index is -0.993. The maximum atomic E-state index is 12.0. The number of carbonyl (C=O) groups is 1. The van der Waals surface area contributed by atoms with Gasteiger partial charge in [-0.2, -0.15) is 0 Å². The van der Waals surface area contributed by atoms with Gasteiger partial charge in [-0.3, -0.25) is 4.79 Å². The summed E-state index contributed by atoms with van der Waals surface area (Å²) < 4.78 is 5.31. The third kappa shape index (κ3) is 9.59. The second-order valence-corrected chi connectivity index (χ2v) is 6.57. The first-order chi connectivity index (χ1) is 12.5. The van der Waals surface area contributed by atoms with Crippen LogP contribution in [-0.4, -0.2) is 28.9 Å². The van der Waals surface area contributed by atoms with Crippen LogP contribution in [0.15, 0.2) is 30.4 Å². The van der Waals surface area contributed by atoms with E-state index in [1.807, 2.05) is 0 Å². The number of ketones is 1. The summed E-state index contributed by atoms with van der Waals surface area (Å²) in [5.41, 5.74) is 6.13. The molecular formula is C21H33NO4. The molecular weight excluding hydrogens is 330 g/mol. The van der Waals surface area contributed by atoms with Crippen molar-refractivity contribution in [1.29, 1.82) is 0 Å². The van der Waals surface area contributed by atoms with Gasteiger partial charge in [0.25, 0.3) is 0 Å². The number of benzene rings is 1. The Kier molecular flexibility index (Phi) is 11.4. The summed E-state index contributed by atoms with van der Waals surface area (Å²) in [4.78, 5) is 12.0. The van der Waals surface area contributed by atoms with Gasteiger partial charge in [0, 0.05) is 12.0 Å². The number of hydrogen-bond donors (Lipinski definition) is 3. The van der Waals surface area contributed by atoms with Gasteiger partial charge in [-0.25, -0.2) is 0 Å². The maximum Gasteiger partial charge on any atom is 0.174 e. The van der Waals surface area contributed by atoms with Crippen LogP contribution in [0, 0.1) is 0 Å². The van der Waals surface area contributed by atoms with E-state index in [-0.39, 0.29) is 23.6 Å². The Labute approximate surface area is 156 Å². The van der Waals surface area contributed by atoms with Gasteiger partial charge >= 0.3 is 0 Å². The lowest BCUT2D eigenvalue weighted by Gasteiger charge is -2.08. The lowest BCUT2D eigenvalue weighted by molar-refractivity contribution is -0.0652. The fourth-order valence-corrected chi connectivity index (χ4v) is 2.62. The molecule has 0 fully saturated rings. The number of allylic oxidation sites excluding steroid dienone is 1. The Morgan fingerprint density at radius 2 is 1.81 bits per heavy atom. The first kappa shape index (κ1) is 22.2. The van der Waals surface area contributed by atoms with Crippen LogP contribution in [0.5, 0.6) is 5.75 Å². The second kappa shape index (κ2) is 13.4. The number of hydrogen-bond acceptors (Lipinski definition) is 5. The lowest BCUT2D eigenvalue weighted by Crippen LogP contribution is -2.09. The Balaban J connectivity index is 2.12. The van der Waals surface area contributed by atoms with Crippen LogP contribution >= 0.6 is 0 Å². The fourth-order valence-electron chi connectivity index (χ4n) is 2.62. The molecule has 0 heterocycles. The van der Waals surface area contributed by atoms with Gasteiger partial charge in [-0.05, 0) is 30.7 Å². The standard InChI is InChI=1S/C21H33NO4/c1-2-3-4-5-6-7-8-9-15-26-21(25)12-10-11-19(23)17-13-14-18(22)20(24)16-17/h10,12-14,16,21,24-25H,2-9,11,15,22H2,1H3. The van der Waals surface area contributed by atoms with E-state index < -0.39 is 6.29 Å². The third-order valence-electron chi connectivity index (χ3n) is 4.24. The molecule has 0 spiro atoms. The SMILES string of the molecule is CCCCCCCCCCOC(O)C=CCC(=O)c1ccc(N)c(O)c1. The van der Waals surface area contributed by atoms with Crippen molar-refractivity contribution in [2.24, 2.45) is 0 Å². The van der Waals surface area contributed by atoms with Crippen molar-refractivity contribution < 1.29 is 19.7 Å². The number of nitrogen functional groups attached to an aromatic ring is 1. The molecule has 0 saturated heterocycles. The largest absolute Gasteiger partial charge is 0.506 e. The molecule has 0 aliphatic heterocycles. The number of carbonyl (C=O) groups excluding carboxylic acids is 1. The predicted octanol–water partition coefficient (Wildman–Crippen LogP) is 4.58. The summed E-state index contributed by atoms with van der Waals surface area (Å²) in [5.74, 6) is -0.264. The predicted molar refractivity (Wildman–Crippen MR) is 105 cm³/mol. The molecule has 1 aromatic carbocycles. The zero-order valence-electron chi connectivity index (χ0n) is 15.8. The van der Waals surface area contributed by atoms with Crippen molar-refractivity contribution in [3.63, 3.8) is 0 Å². The van der Waals surface area contributed by atoms with E-state index in [4.69, 9.17) is 10.5 Å². The number of rotatable bonds is 14. The molecule has 146 valence electrons. The molecule has 0 aliphatic carbocycles. The fraction of sp³-hybridized carbons (Fsp3) is 0.571. The van der Waals surface area contributed by atoms with Gasteiger partial charge in [-0.1, -0.05) is 57.9 Å². The summed E-state index contributed by atoms with van der Waals surface area (Å²) in [6, 6.07) is 4.41. The third-order valence-corrected chi connectivity index (χ3v) is 4.24. The number of aromatic hydroxyl groups is 1. The Morgan fingerprint density at radius 3 is 2.46 bits per heavy atom. The van der Waals surface area contributed by atoms with Gasteiger partial charge in [0.1, 0.15) is 5.75 Å².